The first-order chi connectivity index (χ1) is 11.8. The van der Waals surface area contributed by atoms with E-state index in [0.717, 1.165) is 22.0 Å². The van der Waals surface area contributed by atoms with Crippen LogP contribution in [0.3, 0.4) is 0 Å². The van der Waals surface area contributed by atoms with E-state index in [-0.39, 0.29) is 17.4 Å². The van der Waals surface area contributed by atoms with E-state index in [4.69, 9.17) is 0 Å². The van der Waals surface area contributed by atoms with E-state index in [1.54, 1.807) is 11.8 Å². The van der Waals surface area contributed by atoms with Crippen molar-refractivity contribution >= 4 is 29.5 Å². The fourth-order valence-corrected chi connectivity index (χ4v) is 3.96. The number of nitrogens with zero attached hydrogens (tertiary/aromatic N) is 1. The molecule has 122 valence electrons. The van der Waals surface area contributed by atoms with E-state index in [1.807, 2.05) is 67.6 Å². The lowest BCUT2D eigenvalue weighted by atomic mass is 9.93. The summed E-state index contributed by atoms with van der Waals surface area (Å²) in [6.45, 7) is 2.03. The zero-order valence-electron chi connectivity index (χ0n) is 13.5. The molecular weight excluding hydrogens is 318 g/mol. The summed E-state index contributed by atoms with van der Waals surface area (Å²) in [5, 5.41) is 0.754. The number of carbonyl (C=O) groups is 2. The summed E-state index contributed by atoms with van der Waals surface area (Å²) < 4.78 is 0. The predicted molar refractivity (Wildman–Crippen MR) is 99.0 cm³/mol. The maximum Gasteiger partial charge on any atom is 0.171 e. The maximum absolute atomic E-state index is 12.5. The minimum absolute atomic E-state index is 0.0815. The Morgan fingerprint density at radius 2 is 1.71 bits per heavy atom. The van der Waals surface area contributed by atoms with Crippen LogP contribution in [0.4, 0.5) is 5.69 Å². The van der Waals surface area contributed by atoms with Crippen LogP contribution in [-0.2, 0) is 9.59 Å². The molecule has 0 spiro atoms. The molecule has 0 fully saturated rings. The molecular formula is C20H19NO2S. The average molecular weight is 337 g/mol. The normalized spacial score (nSPS) is 18.0. The quantitative estimate of drug-likeness (QED) is 0.600. The number of hydrogen-bond donors (Lipinski definition) is 0. The molecule has 2 aromatic carbocycles. The number of allylic oxidation sites excluding steroid dienone is 1. The third-order valence-corrected chi connectivity index (χ3v) is 5.04. The van der Waals surface area contributed by atoms with E-state index in [2.05, 4.69) is 4.90 Å². The van der Waals surface area contributed by atoms with Gasteiger partial charge in [-0.15, -0.1) is 11.8 Å². The SMILES string of the molecule is CCSC1=C(C=O)C(=O)CC(c2ccccc2)N1c1ccccc1. The molecule has 0 aliphatic carbocycles. The number of para-hydroxylation sites is 1. The fourth-order valence-electron chi connectivity index (χ4n) is 3.00. The molecule has 1 atom stereocenters. The van der Waals surface area contributed by atoms with Gasteiger partial charge in [0.1, 0.15) is 0 Å². The Balaban J connectivity index is 2.17. The third kappa shape index (κ3) is 3.15. The summed E-state index contributed by atoms with van der Waals surface area (Å²) in [6.07, 6.45) is 1.01. The summed E-state index contributed by atoms with van der Waals surface area (Å²) in [6, 6.07) is 19.9. The van der Waals surface area contributed by atoms with E-state index in [1.165, 1.54) is 0 Å². The first-order valence-corrected chi connectivity index (χ1v) is 8.99. The van der Waals surface area contributed by atoms with Gasteiger partial charge >= 0.3 is 0 Å². The van der Waals surface area contributed by atoms with Crippen molar-refractivity contribution in [2.75, 3.05) is 10.7 Å². The molecule has 24 heavy (non-hydrogen) atoms. The van der Waals surface area contributed by atoms with Gasteiger partial charge in [-0.25, -0.2) is 0 Å². The molecule has 0 saturated heterocycles. The number of carbonyl (C=O) groups excluding carboxylic acids is 2. The molecule has 1 aliphatic heterocycles. The lowest BCUT2D eigenvalue weighted by Gasteiger charge is -2.39. The van der Waals surface area contributed by atoms with Gasteiger partial charge in [-0.1, -0.05) is 55.5 Å². The van der Waals surface area contributed by atoms with Gasteiger partial charge in [-0.2, -0.15) is 0 Å². The zero-order chi connectivity index (χ0) is 16.9. The summed E-state index contributed by atoms with van der Waals surface area (Å²) in [4.78, 5) is 26.2. The second-order valence-electron chi connectivity index (χ2n) is 5.53. The van der Waals surface area contributed by atoms with E-state index < -0.39 is 0 Å². The van der Waals surface area contributed by atoms with Gasteiger partial charge in [0.05, 0.1) is 16.6 Å². The van der Waals surface area contributed by atoms with Crippen LogP contribution < -0.4 is 4.90 Å². The van der Waals surface area contributed by atoms with E-state index in [9.17, 15) is 9.59 Å². The minimum atomic E-state index is -0.0983. The summed E-state index contributed by atoms with van der Waals surface area (Å²) in [5.74, 6) is 0.715. The Kier molecular flexibility index (Phi) is 5.16. The van der Waals surface area contributed by atoms with Crippen LogP contribution in [0.25, 0.3) is 0 Å². The zero-order valence-corrected chi connectivity index (χ0v) is 14.3. The van der Waals surface area contributed by atoms with Crippen molar-refractivity contribution in [3.05, 3.63) is 76.8 Å². The van der Waals surface area contributed by atoms with Crippen LogP contribution in [0.15, 0.2) is 71.3 Å². The molecule has 2 aromatic rings. The number of Topliss-reactive ketones (excluding diaryl/α,β-unsaturated/α-hetero) is 1. The Morgan fingerprint density at radius 1 is 1.08 bits per heavy atom. The Hall–Kier alpha value is -2.33. The topological polar surface area (TPSA) is 37.4 Å². The molecule has 4 heteroatoms. The van der Waals surface area contributed by atoms with Gasteiger partial charge in [0.15, 0.2) is 12.1 Å². The minimum Gasteiger partial charge on any atom is -0.328 e. The molecule has 0 N–H and O–H groups in total. The van der Waals surface area contributed by atoms with Crippen molar-refractivity contribution in [2.24, 2.45) is 0 Å². The second kappa shape index (κ2) is 7.49. The Labute approximate surface area is 146 Å². The van der Waals surface area contributed by atoms with Crippen LogP contribution in [0.5, 0.6) is 0 Å². The largest absolute Gasteiger partial charge is 0.328 e. The second-order valence-corrected chi connectivity index (χ2v) is 6.78. The molecule has 0 aromatic heterocycles. The van der Waals surface area contributed by atoms with Crippen LogP contribution in [-0.4, -0.2) is 17.8 Å². The van der Waals surface area contributed by atoms with E-state index in [0.29, 0.717) is 12.7 Å². The van der Waals surface area contributed by atoms with Crippen molar-refractivity contribution in [1.29, 1.82) is 0 Å². The number of thioether (sulfide) groups is 1. The summed E-state index contributed by atoms with van der Waals surface area (Å²) in [7, 11) is 0. The standard InChI is InChI=1S/C20H19NO2S/c1-2-24-20-17(14-22)19(23)13-18(15-9-5-3-6-10-15)21(20)16-11-7-4-8-12-16/h3-12,14,18H,2,13H2,1H3. The Bertz CT molecular complexity index is 756. The molecule has 0 radical (unpaired) electrons. The molecule has 0 saturated carbocycles. The van der Waals surface area contributed by atoms with E-state index >= 15 is 0 Å². The van der Waals surface area contributed by atoms with Crippen LogP contribution in [0.1, 0.15) is 24.9 Å². The van der Waals surface area contributed by atoms with Crippen molar-refractivity contribution < 1.29 is 9.59 Å². The van der Waals surface area contributed by atoms with Gasteiger partial charge in [0, 0.05) is 12.1 Å². The van der Waals surface area contributed by atoms with Crippen molar-refractivity contribution in [2.45, 2.75) is 19.4 Å². The molecule has 3 rings (SSSR count). The van der Waals surface area contributed by atoms with Gasteiger partial charge in [0.25, 0.3) is 0 Å². The maximum atomic E-state index is 12.5. The molecule has 0 amide bonds. The highest BCUT2D eigenvalue weighted by molar-refractivity contribution is 8.03. The molecule has 0 bridgehead atoms. The van der Waals surface area contributed by atoms with Crippen LogP contribution in [0, 0.1) is 0 Å². The monoisotopic (exact) mass is 337 g/mol. The summed E-state index contributed by atoms with van der Waals surface area (Å²) in [5.41, 5.74) is 2.36. The molecule has 1 heterocycles. The number of ketones is 1. The third-order valence-electron chi connectivity index (χ3n) is 4.06. The fraction of sp³-hybridized carbons (Fsp3) is 0.200. The molecule has 3 nitrogen and oxygen atoms in total. The van der Waals surface area contributed by atoms with Gasteiger partial charge in [-0.05, 0) is 23.4 Å². The first-order valence-electron chi connectivity index (χ1n) is 8.01. The van der Waals surface area contributed by atoms with Crippen molar-refractivity contribution in [3.8, 4) is 0 Å². The number of hydrogen-bond acceptors (Lipinski definition) is 4. The number of benzene rings is 2. The van der Waals surface area contributed by atoms with Crippen molar-refractivity contribution in [3.63, 3.8) is 0 Å². The van der Waals surface area contributed by atoms with Gasteiger partial charge in [0.2, 0.25) is 0 Å². The van der Waals surface area contributed by atoms with Crippen LogP contribution in [0.2, 0.25) is 0 Å². The highest BCUT2D eigenvalue weighted by Gasteiger charge is 2.35. The average Bonchev–Trinajstić information content (AvgIpc) is 2.63. The first kappa shape index (κ1) is 16.5. The van der Waals surface area contributed by atoms with Gasteiger partial charge in [-0.3, -0.25) is 9.59 Å². The molecule has 1 aliphatic rings. The van der Waals surface area contributed by atoms with Crippen molar-refractivity contribution in [1.82, 2.24) is 0 Å². The lowest BCUT2D eigenvalue weighted by Crippen LogP contribution is -2.35. The smallest absolute Gasteiger partial charge is 0.171 e. The molecule has 1 unspecified atom stereocenters. The Morgan fingerprint density at radius 3 is 2.29 bits per heavy atom. The highest BCUT2D eigenvalue weighted by Crippen LogP contribution is 2.42. The highest BCUT2D eigenvalue weighted by atomic mass is 32.2. The summed E-state index contributed by atoms with van der Waals surface area (Å²) >= 11 is 1.54. The number of aldehydes is 1. The van der Waals surface area contributed by atoms with Gasteiger partial charge < -0.3 is 4.90 Å². The number of anilines is 1. The van der Waals surface area contributed by atoms with Crippen LogP contribution >= 0.6 is 11.8 Å². The number of rotatable bonds is 5. The predicted octanol–water partition coefficient (Wildman–Crippen LogP) is 4.37. The lowest BCUT2D eigenvalue weighted by molar-refractivity contribution is -0.118.